The normalized spacial score (nSPS) is 24.1. The monoisotopic (exact) mass is 318 g/mol. The van der Waals surface area contributed by atoms with Crippen LogP contribution in [-0.4, -0.2) is 37.9 Å². The van der Waals surface area contributed by atoms with Crippen LogP contribution in [0.2, 0.25) is 0 Å². The third-order valence-electron chi connectivity index (χ3n) is 3.92. The quantitative estimate of drug-likeness (QED) is 0.928. The molecule has 0 amide bonds. The van der Waals surface area contributed by atoms with Crippen molar-refractivity contribution >= 4 is 22.4 Å². The van der Waals surface area contributed by atoms with Crippen molar-refractivity contribution in [1.29, 1.82) is 0 Å². The van der Waals surface area contributed by atoms with Gasteiger partial charge in [0.2, 0.25) is 10.0 Å². The Morgan fingerprint density at radius 1 is 1.30 bits per heavy atom. The fraction of sp³-hybridized carbons (Fsp3) is 0.571. The Labute approximate surface area is 128 Å². The highest BCUT2D eigenvalue weighted by atomic mass is 35.5. The van der Waals surface area contributed by atoms with Gasteiger partial charge in [-0.3, -0.25) is 0 Å². The van der Waals surface area contributed by atoms with Gasteiger partial charge in [-0.1, -0.05) is 25.1 Å². The van der Waals surface area contributed by atoms with E-state index < -0.39 is 10.0 Å². The van der Waals surface area contributed by atoms with Crippen molar-refractivity contribution in [3.8, 4) is 0 Å². The van der Waals surface area contributed by atoms with Crippen LogP contribution >= 0.6 is 12.4 Å². The average Bonchev–Trinajstić information content (AvgIpc) is 2.41. The maximum absolute atomic E-state index is 12.8. The van der Waals surface area contributed by atoms with E-state index in [4.69, 9.17) is 0 Å². The van der Waals surface area contributed by atoms with Crippen LogP contribution in [0, 0.1) is 0 Å². The summed E-state index contributed by atoms with van der Waals surface area (Å²) in [5.74, 6) is 0. The largest absolute Gasteiger partial charge is 0.311 e. The Bertz CT molecular complexity index is 548. The summed E-state index contributed by atoms with van der Waals surface area (Å²) < 4.78 is 27.3. The van der Waals surface area contributed by atoms with Crippen LogP contribution in [0.5, 0.6) is 0 Å². The standard InChI is InChI=1S/C14H22N2O2S.ClH/c1-4-13-7-5-6-8-14(13)19(17,18)16-10-9-15-11(2)12(16)3;/h5-8,11-12,15H,4,9-10H2,1-3H3;1H. The molecule has 114 valence electrons. The second-order valence-corrected chi connectivity index (χ2v) is 6.92. The fourth-order valence-electron chi connectivity index (χ4n) is 2.54. The van der Waals surface area contributed by atoms with Crippen LogP contribution < -0.4 is 5.32 Å². The van der Waals surface area contributed by atoms with Gasteiger partial charge >= 0.3 is 0 Å². The number of sulfonamides is 1. The zero-order valence-corrected chi connectivity index (χ0v) is 13.8. The lowest BCUT2D eigenvalue weighted by Crippen LogP contribution is -2.57. The molecule has 1 N–H and O–H groups in total. The summed E-state index contributed by atoms with van der Waals surface area (Å²) in [7, 11) is -3.39. The summed E-state index contributed by atoms with van der Waals surface area (Å²) in [5.41, 5.74) is 0.890. The molecule has 20 heavy (non-hydrogen) atoms. The van der Waals surface area contributed by atoms with Gasteiger partial charge in [-0.05, 0) is 31.9 Å². The van der Waals surface area contributed by atoms with Crippen molar-refractivity contribution in [3.05, 3.63) is 29.8 Å². The molecular formula is C14H23ClN2O2S. The minimum Gasteiger partial charge on any atom is -0.311 e. The summed E-state index contributed by atoms with van der Waals surface area (Å²) in [4.78, 5) is 0.457. The molecule has 0 spiro atoms. The topological polar surface area (TPSA) is 49.4 Å². The molecule has 0 saturated carbocycles. The molecule has 1 aliphatic heterocycles. The molecular weight excluding hydrogens is 296 g/mol. The minimum atomic E-state index is -3.39. The van der Waals surface area contributed by atoms with E-state index in [-0.39, 0.29) is 24.5 Å². The number of piperazine rings is 1. The SMILES string of the molecule is CCc1ccccc1S(=O)(=O)N1CCNC(C)C1C.Cl. The zero-order chi connectivity index (χ0) is 14.0. The van der Waals surface area contributed by atoms with Crippen molar-refractivity contribution in [3.63, 3.8) is 0 Å². The number of hydrogen-bond acceptors (Lipinski definition) is 3. The molecule has 1 heterocycles. The first-order valence-electron chi connectivity index (χ1n) is 6.81. The number of benzene rings is 1. The van der Waals surface area contributed by atoms with Crippen LogP contribution in [0.4, 0.5) is 0 Å². The molecule has 0 bridgehead atoms. The molecule has 6 heteroatoms. The van der Waals surface area contributed by atoms with Crippen molar-refractivity contribution in [1.82, 2.24) is 9.62 Å². The molecule has 4 nitrogen and oxygen atoms in total. The lowest BCUT2D eigenvalue weighted by molar-refractivity contribution is 0.232. The Morgan fingerprint density at radius 2 is 1.95 bits per heavy atom. The molecule has 1 fully saturated rings. The second-order valence-electron chi connectivity index (χ2n) is 5.06. The first-order valence-corrected chi connectivity index (χ1v) is 8.25. The molecule has 2 rings (SSSR count). The smallest absolute Gasteiger partial charge is 0.243 e. The third-order valence-corrected chi connectivity index (χ3v) is 6.00. The molecule has 2 atom stereocenters. The Hall–Kier alpha value is -0.620. The maximum atomic E-state index is 12.8. The average molecular weight is 319 g/mol. The maximum Gasteiger partial charge on any atom is 0.243 e. The number of hydrogen-bond donors (Lipinski definition) is 1. The van der Waals surface area contributed by atoms with E-state index in [1.54, 1.807) is 16.4 Å². The zero-order valence-electron chi connectivity index (χ0n) is 12.2. The van der Waals surface area contributed by atoms with Gasteiger partial charge in [-0.15, -0.1) is 12.4 Å². The van der Waals surface area contributed by atoms with Gasteiger partial charge in [0.1, 0.15) is 0 Å². The predicted octanol–water partition coefficient (Wildman–Crippen LogP) is 2.04. The molecule has 1 aromatic rings. The van der Waals surface area contributed by atoms with E-state index in [2.05, 4.69) is 5.32 Å². The van der Waals surface area contributed by atoms with E-state index in [1.165, 1.54) is 0 Å². The van der Waals surface area contributed by atoms with Gasteiger partial charge in [-0.2, -0.15) is 4.31 Å². The summed E-state index contributed by atoms with van der Waals surface area (Å²) in [6.07, 6.45) is 0.728. The van der Waals surface area contributed by atoms with Gasteiger partial charge < -0.3 is 5.32 Å². The number of halogens is 1. The summed E-state index contributed by atoms with van der Waals surface area (Å²) in [6.45, 7) is 7.21. The minimum absolute atomic E-state index is 0. The highest BCUT2D eigenvalue weighted by Gasteiger charge is 2.35. The van der Waals surface area contributed by atoms with Crippen molar-refractivity contribution in [2.75, 3.05) is 13.1 Å². The molecule has 1 aliphatic rings. The third kappa shape index (κ3) is 3.17. The van der Waals surface area contributed by atoms with E-state index in [1.807, 2.05) is 32.9 Å². The van der Waals surface area contributed by atoms with Gasteiger partial charge in [-0.25, -0.2) is 8.42 Å². The van der Waals surface area contributed by atoms with Crippen LogP contribution in [0.15, 0.2) is 29.2 Å². The Kier molecular flexibility index (Phi) is 6.01. The van der Waals surface area contributed by atoms with Crippen LogP contribution in [0.3, 0.4) is 0 Å². The molecule has 1 saturated heterocycles. The Morgan fingerprint density at radius 3 is 2.60 bits per heavy atom. The van der Waals surface area contributed by atoms with Gasteiger partial charge in [0, 0.05) is 25.2 Å². The van der Waals surface area contributed by atoms with Crippen LogP contribution in [0.25, 0.3) is 0 Å². The molecule has 1 aromatic carbocycles. The van der Waals surface area contributed by atoms with Crippen LogP contribution in [-0.2, 0) is 16.4 Å². The lowest BCUT2D eigenvalue weighted by Gasteiger charge is -2.37. The van der Waals surface area contributed by atoms with Crippen molar-refractivity contribution < 1.29 is 8.42 Å². The fourth-order valence-corrected chi connectivity index (χ4v) is 4.54. The van der Waals surface area contributed by atoms with Crippen LogP contribution in [0.1, 0.15) is 26.3 Å². The van der Waals surface area contributed by atoms with E-state index in [0.717, 1.165) is 12.0 Å². The van der Waals surface area contributed by atoms with Crippen molar-refractivity contribution in [2.24, 2.45) is 0 Å². The molecule has 2 unspecified atom stereocenters. The summed E-state index contributed by atoms with van der Waals surface area (Å²) in [6, 6.07) is 7.45. The Balaban J connectivity index is 0.00000200. The van der Waals surface area contributed by atoms with E-state index in [9.17, 15) is 8.42 Å². The first-order chi connectivity index (χ1) is 8.98. The second kappa shape index (κ2) is 6.89. The van der Waals surface area contributed by atoms with E-state index >= 15 is 0 Å². The number of nitrogens with one attached hydrogen (secondary N) is 1. The number of rotatable bonds is 3. The lowest BCUT2D eigenvalue weighted by atomic mass is 10.1. The molecule has 0 radical (unpaired) electrons. The predicted molar refractivity (Wildman–Crippen MR) is 83.9 cm³/mol. The molecule has 0 aliphatic carbocycles. The number of nitrogens with zero attached hydrogens (tertiary/aromatic N) is 1. The van der Waals surface area contributed by atoms with Gasteiger partial charge in [0.25, 0.3) is 0 Å². The van der Waals surface area contributed by atoms with Gasteiger partial charge in [0.15, 0.2) is 0 Å². The highest BCUT2D eigenvalue weighted by Crippen LogP contribution is 2.24. The first kappa shape index (κ1) is 17.4. The summed E-state index contributed by atoms with van der Waals surface area (Å²) in [5, 5.41) is 3.31. The molecule has 0 aromatic heterocycles. The number of aryl methyl sites for hydroxylation is 1. The summed E-state index contributed by atoms with van der Waals surface area (Å²) >= 11 is 0. The van der Waals surface area contributed by atoms with Crippen molar-refractivity contribution in [2.45, 2.75) is 44.2 Å². The highest BCUT2D eigenvalue weighted by molar-refractivity contribution is 7.89. The van der Waals surface area contributed by atoms with Gasteiger partial charge in [0.05, 0.1) is 4.90 Å². The van der Waals surface area contributed by atoms with E-state index in [0.29, 0.717) is 18.0 Å².